The van der Waals surface area contributed by atoms with Gasteiger partial charge in [0.05, 0.1) is 11.8 Å². The summed E-state index contributed by atoms with van der Waals surface area (Å²) in [6.45, 7) is 9.79. The lowest BCUT2D eigenvalue weighted by Gasteiger charge is -2.23. The van der Waals surface area contributed by atoms with Crippen molar-refractivity contribution in [2.75, 3.05) is 11.5 Å². The fraction of sp³-hybridized carbons (Fsp3) is 0.611. The molecule has 0 spiro atoms. The van der Waals surface area contributed by atoms with Gasteiger partial charge in [0, 0.05) is 0 Å². The Morgan fingerprint density at radius 3 is 2.09 bits per heavy atom. The lowest BCUT2D eigenvalue weighted by Crippen LogP contribution is -2.36. The van der Waals surface area contributed by atoms with Crippen molar-refractivity contribution in [3.63, 3.8) is 0 Å². The highest BCUT2D eigenvalue weighted by atomic mass is 32.2. The second-order valence-electron chi connectivity index (χ2n) is 6.83. The first-order valence-electron chi connectivity index (χ1n) is 8.23. The topological polar surface area (TPSA) is 63.2 Å². The van der Waals surface area contributed by atoms with Crippen molar-refractivity contribution in [1.82, 2.24) is 5.32 Å². The Bertz CT molecular complexity index is 604. The molecule has 1 atom stereocenters. The Morgan fingerprint density at radius 2 is 1.65 bits per heavy atom. The smallest absolute Gasteiger partial charge is 0.235 e. The van der Waals surface area contributed by atoms with E-state index in [9.17, 15) is 13.2 Å². The minimum atomic E-state index is -3.36. The van der Waals surface area contributed by atoms with Crippen LogP contribution in [0.15, 0.2) is 24.3 Å². The molecule has 0 aliphatic heterocycles. The maximum Gasteiger partial charge on any atom is 0.235 e. The summed E-state index contributed by atoms with van der Waals surface area (Å²) in [6.07, 6.45) is 0.965. The van der Waals surface area contributed by atoms with Crippen LogP contribution in [0.3, 0.4) is 0 Å². The zero-order chi connectivity index (χ0) is 17.6. The molecule has 0 aromatic heterocycles. The maximum absolute atomic E-state index is 12.2. The number of hydrogen-bond donors (Lipinski definition) is 1. The lowest BCUT2D eigenvalue weighted by atomic mass is 9.95. The fourth-order valence-corrected chi connectivity index (χ4v) is 4.19. The predicted molar refractivity (Wildman–Crippen MR) is 95.0 cm³/mol. The molecule has 130 valence electrons. The average Bonchev–Trinajstić information content (AvgIpc) is 2.42. The Kier molecular flexibility index (Phi) is 7.26. The van der Waals surface area contributed by atoms with E-state index in [0.29, 0.717) is 0 Å². The zero-order valence-corrected chi connectivity index (χ0v) is 15.6. The molecule has 1 N–H and O–H groups in total. The van der Waals surface area contributed by atoms with E-state index in [-0.39, 0.29) is 23.6 Å². The summed E-state index contributed by atoms with van der Waals surface area (Å²) < 4.78 is 23.9. The Hall–Kier alpha value is -1.36. The van der Waals surface area contributed by atoms with Gasteiger partial charge in [-0.2, -0.15) is 0 Å². The van der Waals surface area contributed by atoms with Crippen molar-refractivity contribution in [1.29, 1.82) is 0 Å². The minimum absolute atomic E-state index is 0.0234. The van der Waals surface area contributed by atoms with E-state index >= 15 is 0 Å². The van der Waals surface area contributed by atoms with E-state index in [4.69, 9.17) is 0 Å². The van der Waals surface area contributed by atoms with E-state index in [1.165, 1.54) is 5.56 Å². The molecule has 0 saturated carbocycles. The highest BCUT2D eigenvalue weighted by Crippen LogP contribution is 2.22. The van der Waals surface area contributed by atoms with E-state index in [2.05, 4.69) is 12.2 Å². The van der Waals surface area contributed by atoms with Crippen LogP contribution in [0.2, 0.25) is 0 Å². The molecule has 0 saturated heterocycles. The summed E-state index contributed by atoms with van der Waals surface area (Å²) in [5, 5.41) is 2.88. The summed E-state index contributed by atoms with van der Waals surface area (Å²) in [5.74, 6) is -0.627. The van der Waals surface area contributed by atoms with Crippen molar-refractivity contribution in [3.05, 3.63) is 35.4 Å². The first kappa shape index (κ1) is 19.7. The molecule has 0 fully saturated rings. The van der Waals surface area contributed by atoms with Crippen molar-refractivity contribution >= 4 is 15.7 Å². The number of aryl methyl sites for hydroxylation is 1. The highest BCUT2D eigenvalue weighted by Gasteiger charge is 2.23. The third-order valence-electron chi connectivity index (χ3n) is 3.67. The Balaban J connectivity index is 2.81. The molecule has 1 rings (SSSR count). The monoisotopic (exact) mass is 339 g/mol. The zero-order valence-electron chi connectivity index (χ0n) is 14.8. The number of carbonyl (C=O) groups is 1. The van der Waals surface area contributed by atoms with Crippen LogP contribution in [-0.4, -0.2) is 25.8 Å². The van der Waals surface area contributed by atoms with Gasteiger partial charge < -0.3 is 5.32 Å². The molecule has 0 radical (unpaired) electrons. The van der Waals surface area contributed by atoms with Crippen LogP contribution < -0.4 is 5.32 Å². The lowest BCUT2D eigenvalue weighted by molar-refractivity contribution is -0.119. The normalized spacial score (nSPS) is 13.3. The quantitative estimate of drug-likeness (QED) is 0.791. The van der Waals surface area contributed by atoms with E-state index in [1.54, 1.807) is 0 Å². The third-order valence-corrected chi connectivity index (χ3v) is 5.55. The van der Waals surface area contributed by atoms with Gasteiger partial charge in [0.25, 0.3) is 0 Å². The summed E-state index contributed by atoms with van der Waals surface area (Å²) in [4.78, 5) is 12.2. The maximum atomic E-state index is 12.2. The number of benzene rings is 1. The van der Waals surface area contributed by atoms with Gasteiger partial charge >= 0.3 is 0 Å². The highest BCUT2D eigenvalue weighted by molar-refractivity contribution is 7.92. The van der Waals surface area contributed by atoms with Crippen LogP contribution in [0.5, 0.6) is 0 Å². The molecule has 0 bridgehead atoms. The van der Waals surface area contributed by atoms with Gasteiger partial charge in [-0.05, 0) is 29.4 Å². The van der Waals surface area contributed by atoms with Gasteiger partial charge in [0.2, 0.25) is 5.91 Å². The molecule has 5 heteroatoms. The first-order valence-corrected chi connectivity index (χ1v) is 10.1. The molecule has 4 nitrogen and oxygen atoms in total. The molecule has 1 unspecified atom stereocenters. The molecule has 23 heavy (non-hydrogen) atoms. The fourth-order valence-electron chi connectivity index (χ4n) is 2.58. The minimum Gasteiger partial charge on any atom is -0.348 e. The van der Waals surface area contributed by atoms with Crippen molar-refractivity contribution < 1.29 is 13.2 Å². The third kappa shape index (κ3) is 6.73. The number of rotatable bonds is 8. The number of nitrogens with one attached hydrogen (secondary N) is 1. The van der Waals surface area contributed by atoms with Crippen LogP contribution in [0.4, 0.5) is 0 Å². The van der Waals surface area contributed by atoms with Gasteiger partial charge in [0.1, 0.15) is 5.75 Å². The summed E-state index contributed by atoms with van der Waals surface area (Å²) in [5.41, 5.74) is 2.24. The van der Waals surface area contributed by atoms with Gasteiger partial charge in [0.15, 0.2) is 9.84 Å². The van der Waals surface area contributed by atoms with Crippen LogP contribution in [0.25, 0.3) is 0 Å². The molecular weight excluding hydrogens is 310 g/mol. The van der Waals surface area contributed by atoms with Gasteiger partial charge in [-0.15, -0.1) is 0 Å². The number of amides is 1. The van der Waals surface area contributed by atoms with Crippen molar-refractivity contribution in [2.45, 2.75) is 47.1 Å². The summed E-state index contributed by atoms with van der Waals surface area (Å²) in [6, 6.07) is 7.93. The standard InChI is InChI=1S/C18H29NO3S/c1-6-15-7-9-16(10-8-15)18(14(4)5)19-17(20)12-23(21,22)11-13(2)3/h7-10,13-14,18H,6,11-12H2,1-5H3,(H,19,20). The van der Waals surface area contributed by atoms with Crippen molar-refractivity contribution in [2.24, 2.45) is 11.8 Å². The molecule has 0 aliphatic carbocycles. The molecule has 0 aliphatic rings. The predicted octanol–water partition coefficient (Wildman–Crippen LogP) is 3.13. The van der Waals surface area contributed by atoms with Gasteiger partial charge in [-0.25, -0.2) is 8.42 Å². The summed E-state index contributed by atoms with van der Waals surface area (Å²) in [7, 11) is -3.36. The second-order valence-corrected chi connectivity index (χ2v) is 8.94. The SMILES string of the molecule is CCc1ccc(C(NC(=O)CS(=O)(=O)CC(C)C)C(C)C)cc1. The van der Waals surface area contributed by atoms with E-state index < -0.39 is 21.5 Å². The van der Waals surface area contributed by atoms with Crippen LogP contribution in [-0.2, 0) is 21.1 Å². The number of sulfone groups is 1. The first-order chi connectivity index (χ1) is 10.6. The average molecular weight is 340 g/mol. The molecular formula is C18H29NO3S. The largest absolute Gasteiger partial charge is 0.348 e. The Morgan fingerprint density at radius 1 is 1.09 bits per heavy atom. The van der Waals surface area contributed by atoms with E-state index in [1.807, 2.05) is 52.0 Å². The molecule has 1 aromatic carbocycles. The second kappa shape index (κ2) is 8.48. The van der Waals surface area contributed by atoms with Crippen LogP contribution >= 0.6 is 0 Å². The molecule has 1 amide bonds. The Labute approximate surface area is 140 Å². The summed E-state index contributed by atoms with van der Waals surface area (Å²) >= 11 is 0. The van der Waals surface area contributed by atoms with Gasteiger partial charge in [-0.1, -0.05) is 58.9 Å². The molecule has 0 heterocycles. The van der Waals surface area contributed by atoms with E-state index in [0.717, 1.165) is 12.0 Å². The number of hydrogen-bond acceptors (Lipinski definition) is 3. The van der Waals surface area contributed by atoms with Crippen molar-refractivity contribution in [3.8, 4) is 0 Å². The number of carbonyl (C=O) groups excluding carboxylic acids is 1. The van der Waals surface area contributed by atoms with Crippen LogP contribution in [0.1, 0.15) is 51.8 Å². The molecule has 1 aromatic rings. The van der Waals surface area contributed by atoms with Gasteiger partial charge in [-0.3, -0.25) is 4.79 Å². The van der Waals surface area contributed by atoms with Crippen LogP contribution in [0, 0.1) is 11.8 Å².